The van der Waals surface area contributed by atoms with E-state index in [1.807, 2.05) is 38.1 Å². The smallest absolute Gasteiger partial charge is 0.228 e. The van der Waals surface area contributed by atoms with Gasteiger partial charge in [0.25, 0.3) is 0 Å². The van der Waals surface area contributed by atoms with Crippen molar-refractivity contribution in [2.45, 2.75) is 39.4 Å². The van der Waals surface area contributed by atoms with Crippen LogP contribution >= 0.6 is 0 Å². The van der Waals surface area contributed by atoms with Crippen molar-refractivity contribution in [1.29, 1.82) is 0 Å². The zero-order valence-corrected chi connectivity index (χ0v) is 16.2. The highest BCUT2D eigenvalue weighted by atomic mass is 16.7. The number of methoxy groups -OCH3 is 1. The first-order valence-electron chi connectivity index (χ1n) is 9.43. The summed E-state index contributed by atoms with van der Waals surface area (Å²) < 4.78 is 16.9. The molecule has 0 bridgehead atoms. The van der Waals surface area contributed by atoms with Gasteiger partial charge in [0.15, 0.2) is 17.8 Å². The van der Waals surface area contributed by atoms with Crippen molar-refractivity contribution in [2.75, 3.05) is 26.8 Å². The summed E-state index contributed by atoms with van der Waals surface area (Å²) in [6, 6.07) is 7.58. The average Bonchev–Trinajstić information content (AvgIpc) is 3.35. The van der Waals surface area contributed by atoms with E-state index in [9.17, 15) is 4.79 Å². The van der Waals surface area contributed by atoms with Gasteiger partial charge >= 0.3 is 0 Å². The largest absolute Gasteiger partial charge is 0.493 e. The Labute approximate surface area is 159 Å². The van der Waals surface area contributed by atoms with Crippen LogP contribution in [0.4, 0.5) is 0 Å². The Morgan fingerprint density at radius 2 is 2.11 bits per heavy atom. The summed E-state index contributed by atoms with van der Waals surface area (Å²) in [5.74, 6) is 1.37. The van der Waals surface area contributed by atoms with Crippen LogP contribution in [0.3, 0.4) is 0 Å². The van der Waals surface area contributed by atoms with Crippen LogP contribution in [-0.2, 0) is 16.0 Å². The first kappa shape index (κ1) is 19.2. The van der Waals surface area contributed by atoms with Crippen molar-refractivity contribution in [3.8, 4) is 22.8 Å². The van der Waals surface area contributed by atoms with E-state index < -0.39 is 0 Å². The van der Waals surface area contributed by atoms with Gasteiger partial charge < -0.3 is 19.1 Å². The number of aromatic amines is 1. The van der Waals surface area contributed by atoms with Crippen LogP contribution in [-0.4, -0.2) is 54.1 Å². The van der Waals surface area contributed by atoms with Crippen LogP contribution in [0.5, 0.6) is 11.5 Å². The number of nitrogens with zero attached hydrogens (tertiary/aromatic N) is 2. The average molecular weight is 373 g/mol. The lowest BCUT2D eigenvalue weighted by atomic mass is 10.1. The first-order valence-corrected chi connectivity index (χ1v) is 9.43. The topological polar surface area (TPSA) is 76.7 Å². The predicted octanol–water partition coefficient (Wildman–Crippen LogP) is 3.01. The molecule has 1 aliphatic heterocycles. The maximum Gasteiger partial charge on any atom is 0.228 e. The lowest BCUT2D eigenvalue weighted by Crippen LogP contribution is -2.31. The van der Waals surface area contributed by atoms with E-state index in [2.05, 4.69) is 10.2 Å². The Hall–Kier alpha value is -2.54. The zero-order chi connectivity index (χ0) is 19.2. The fourth-order valence-electron chi connectivity index (χ4n) is 3.16. The molecule has 3 rings (SSSR count). The van der Waals surface area contributed by atoms with Crippen molar-refractivity contribution in [3.63, 3.8) is 0 Å². The van der Waals surface area contributed by atoms with Crippen LogP contribution < -0.4 is 9.47 Å². The van der Waals surface area contributed by atoms with E-state index in [1.54, 1.807) is 12.0 Å². The molecule has 0 radical (unpaired) electrons. The van der Waals surface area contributed by atoms with Gasteiger partial charge in [-0.1, -0.05) is 0 Å². The van der Waals surface area contributed by atoms with Crippen molar-refractivity contribution in [3.05, 3.63) is 30.0 Å². The Kier molecular flexibility index (Phi) is 6.34. The SMILES string of the molecule is CCN(CC)C(=O)Cc1cc(-c2ccc(OC)c(OC3CCCO3)c2)n[nH]1. The van der Waals surface area contributed by atoms with Crippen molar-refractivity contribution >= 4 is 5.91 Å². The summed E-state index contributed by atoms with van der Waals surface area (Å²) in [6.45, 7) is 6.09. The number of aromatic nitrogens is 2. The third-order valence-electron chi connectivity index (χ3n) is 4.69. The van der Waals surface area contributed by atoms with E-state index in [1.165, 1.54) is 0 Å². The number of H-pyrrole nitrogens is 1. The van der Waals surface area contributed by atoms with Crippen LogP contribution in [0.15, 0.2) is 24.3 Å². The second-order valence-electron chi connectivity index (χ2n) is 6.45. The highest BCUT2D eigenvalue weighted by Crippen LogP contribution is 2.34. The quantitative estimate of drug-likeness (QED) is 0.770. The lowest BCUT2D eigenvalue weighted by Gasteiger charge is -2.17. The van der Waals surface area contributed by atoms with Crippen LogP contribution in [0.25, 0.3) is 11.3 Å². The number of likely N-dealkylation sites (N-methyl/N-ethyl adjacent to an activating group) is 1. The molecule has 0 spiro atoms. The summed E-state index contributed by atoms with van der Waals surface area (Å²) in [4.78, 5) is 14.1. The molecule has 7 nitrogen and oxygen atoms in total. The lowest BCUT2D eigenvalue weighted by molar-refractivity contribution is -0.130. The van der Waals surface area contributed by atoms with Crippen LogP contribution in [0.2, 0.25) is 0 Å². The number of amides is 1. The fraction of sp³-hybridized carbons (Fsp3) is 0.500. The molecule has 2 heterocycles. The van der Waals surface area contributed by atoms with Gasteiger partial charge in [-0.3, -0.25) is 9.89 Å². The van der Waals surface area contributed by atoms with E-state index in [-0.39, 0.29) is 12.2 Å². The van der Waals surface area contributed by atoms with E-state index in [4.69, 9.17) is 14.2 Å². The van der Waals surface area contributed by atoms with E-state index >= 15 is 0 Å². The molecular weight excluding hydrogens is 346 g/mol. The molecule has 1 aromatic heterocycles. The molecule has 1 atom stereocenters. The monoisotopic (exact) mass is 373 g/mol. The number of hydrogen-bond donors (Lipinski definition) is 1. The molecule has 2 aromatic rings. The number of rotatable bonds is 8. The molecule has 0 aliphatic carbocycles. The predicted molar refractivity (Wildman–Crippen MR) is 102 cm³/mol. The number of carbonyl (C=O) groups is 1. The molecule has 1 unspecified atom stereocenters. The van der Waals surface area contributed by atoms with Gasteiger partial charge in [0.2, 0.25) is 5.91 Å². The summed E-state index contributed by atoms with van der Waals surface area (Å²) in [5, 5.41) is 7.32. The van der Waals surface area contributed by atoms with Crippen molar-refractivity contribution in [1.82, 2.24) is 15.1 Å². The van der Waals surface area contributed by atoms with Gasteiger partial charge in [0, 0.05) is 30.8 Å². The summed E-state index contributed by atoms with van der Waals surface area (Å²) >= 11 is 0. The van der Waals surface area contributed by atoms with Crippen LogP contribution in [0.1, 0.15) is 32.4 Å². The Morgan fingerprint density at radius 1 is 1.30 bits per heavy atom. The molecule has 1 saturated heterocycles. The molecule has 7 heteroatoms. The highest BCUT2D eigenvalue weighted by Gasteiger charge is 2.20. The molecule has 1 aromatic carbocycles. The Balaban J connectivity index is 1.76. The number of benzene rings is 1. The third kappa shape index (κ3) is 4.60. The maximum atomic E-state index is 12.3. The molecular formula is C20H27N3O4. The molecule has 1 fully saturated rings. The van der Waals surface area contributed by atoms with Gasteiger partial charge in [-0.05, 0) is 44.5 Å². The van der Waals surface area contributed by atoms with E-state index in [0.717, 1.165) is 36.4 Å². The molecule has 0 saturated carbocycles. The summed E-state index contributed by atoms with van der Waals surface area (Å²) in [5.41, 5.74) is 2.44. The molecule has 1 aliphatic rings. The molecule has 1 N–H and O–H groups in total. The Morgan fingerprint density at radius 3 is 2.78 bits per heavy atom. The minimum atomic E-state index is -0.240. The number of ether oxygens (including phenoxy) is 3. The second kappa shape index (κ2) is 8.90. The van der Waals surface area contributed by atoms with Gasteiger partial charge in [0.1, 0.15) is 0 Å². The minimum absolute atomic E-state index is 0.0901. The van der Waals surface area contributed by atoms with E-state index in [0.29, 0.717) is 31.0 Å². The zero-order valence-electron chi connectivity index (χ0n) is 16.2. The number of nitrogens with one attached hydrogen (secondary N) is 1. The number of hydrogen-bond acceptors (Lipinski definition) is 5. The minimum Gasteiger partial charge on any atom is -0.493 e. The standard InChI is InChI=1S/C20H27N3O4/c1-4-23(5-2)19(24)13-15-12-16(22-21-15)14-8-9-17(25-3)18(11-14)27-20-7-6-10-26-20/h8-9,11-12,20H,4-7,10,13H2,1-3H3,(H,21,22). The molecule has 1 amide bonds. The summed E-state index contributed by atoms with van der Waals surface area (Å²) in [7, 11) is 1.61. The van der Waals surface area contributed by atoms with Gasteiger partial charge in [-0.2, -0.15) is 5.10 Å². The van der Waals surface area contributed by atoms with Gasteiger partial charge in [-0.25, -0.2) is 0 Å². The molecule has 27 heavy (non-hydrogen) atoms. The summed E-state index contributed by atoms with van der Waals surface area (Å²) in [6.07, 6.45) is 1.93. The van der Waals surface area contributed by atoms with Gasteiger partial charge in [0.05, 0.1) is 25.8 Å². The normalized spacial score (nSPS) is 16.3. The van der Waals surface area contributed by atoms with Crippen LogP contribution in [0, 0.1) is 0 Å². The Bertz CT molecular complexity index is 764. The second-order valence-corrected chi connectivity index (χ2v) is 6.45. The maximum absolute atomic E-state index is 12.3. The molecule has 146 valence electrons. The van der Waals surface area contributed by atoms with Crippen molar-refractivity contribution < 1.29 is 19.0 Å². The number of carbonyl (C=O) groups excluding carboxylic acids is 1. The first-order chi connectivity index (χ1) is 13.1. The van der Waals surface area contributed by atoms with Gasteiger partial charge in [-0.15, -0.1) is 0 Å². The third-order valence-corrected chi connectivity index (χ3v) is 4.69. The highest BCUT2D eigenvalue weighted by molar-refractivity contribution is 5.78. The van der Waals surface area contributed by atoms with Crippen molar-refractivity contribution in [2.24, 2.45) is 0 Å². The fourth-order valence-corrected chi connectivity index (χ4v) is 3.16.